The zero-order valence-electron chi connectivity index (χ0n) is 11.3. The third kappa shape index (κ3) is 3.28. The number of aromatic nitrogens is 1. The summed E-state index contributed by atoms with van der Waals surface area (Å²) in [5.41, 5.74) is 3.28. The standard InChI is InChI=1S/C13H20N4O2/c1-9-12(6-7-19-9)17(2)8-10-4-3-5-11(15-10)13(18)16-14/h3-5,9,12H,6-8,14H2,1-2H3,(H,16,18). The van der Waals surface area contributed by atoms with Gasteiger partial charge in [0.15, 0.2) is 0 Å². The van der Waals surface area contributed by atoms with Crippen LogP contribution in [0.25, 0.3) is 0 Å². The fourth-order valence-corrected chi connectivity index (χ4v) is 2.44. The van der Waals surface area contributed by atoms with Crippen molar-refractivity contribution in [2.45, 2.75) is 32.0 Å². The lowest BCUT2D eigenvalue weighted by Gasteiger charge is -2.26. The van der Waals surface area contributed by atoms with Crippen LogP contribution >= 0.6 is 0 Å². The van der Waals surface area contributed by atoms with Gasteiger partial charge in [0.2, 0.25) is 0 Å². The van der Waals surface area contributed by atoms with Crippen molar-refractivity contribution in [3.05, 3.63) is 29.6 Å². The predicted molar refractivity (Wildman–Crippen MR) is 71.2 cm³/mol. The zero-order chi connectivity index (χ0) is 13.8. The molecule has 6 nitrogen and oxygen atoms in total. The maximum atomic E-state index is 11.4. The monoisotopic (exact) mass is 264 g/mol. The summed E-state index contributed by atoms with van der Waals surface area (Å²) in [4.78, 5) is 17.9. The summed E-state index contributed by atoms with van der Waals surface area (Å²) in [5.74, 6) is 4.73. The van der Waals surface area contributed by atoms with E-state index in [-0.39, 0.29) is 12.0 Å². The molecule has 1 amide bonds. The predicted octanol–water partition coefficient (Wildman–Crippen LogP) is 0.294. The van der Waals surface area contributed by atoms with Crippen molar-refractivity contribution in [3.63, 3.8) is 0 Å². The van der Waals surface area contributed by atoms with Crippen molar-refractivity contribution in [1.82, 2.24) is 15.3 Å². The molecule has 0 aromatic carbocycles. The summed E-state index contributed by atoms with van der Waals surface area (Å²) in [7, 11) is 2.05. The van der Waals surface area contributed by atoms with E-state index < -0.39 is 0 Å². The normalized spacial score (nSPS) is 22.7. The van der Waals surface area contributed by atoms with Gasteiger partial charge in [-0.1, -0.05) is 6.07 Å². The molecule has 2 heterocycles. The lowest BCUT2D eigenvalue weighted by atomic mass is 10.1. The van der Waals surface area contributed by atoms with Crippen LogP contribution in [0.2, 0.25) is 0 Å². The highest BCUT2D eigenvalue weighted by atomic mass is 16.5. The van der Waals surface area contributed by atoms with Crippen LogP contribution in [0.1, 0.15) is 29.5 Å². The number of nitrogens with zero attached hydrogens (tertiary/aromatic N) is 2. The van der Waals surface area contributed by atoms with Crippen molar-refractivity contribution < 1.29 is 9.53 Å². The van der Waals surface area contributed by atoms with Crippen LogP contribution in [0.5, 0.6) is 0 Å². The van der Waals surface area contributed by atoms with Gasteiger partial charge in [-0.3, -0.25) is 15.1 Å². The van der Waals surface area contributed by atoms with Crippen molar-refractivity contribution >= 4 is 5.91 Å². The summed E-state index contributed by atoms with van der Waals surface area (Å²) in [6, 6.07) is 5.76. The second kappa shape index (κ2) is 6.10. The first-order chi connectivity index (χ1) is 9.11. The van der Waals surface area contributed by atoms with Crippen LogP contribution in [0.4, 0.5) is 0 Å². The molecule has 1 saturated heterocycles. The summed E-state index contributed by atoms with van der Waals surface area (Å²) in [6.45, 7) is 3.57. The second-order valence-electron chi connectivity index (χ2n) is 4.83. The van der Waals surface area contributed by atoms with Gasteiger partial charge < -0.3 is 4.74 Å². The highest BCUT2D eigenvalue weighted by Gasteiger charge is 2.27. The van der Waals surface area contributed by atoms with Gasteiger partial charge in [0.05, 0.1) is 11.8 Å². The zero-order valence-corrected chi connectivity index (χ0v) is 11.3. The second-order valence-corrected chi connectivity index (χ2v) is 4.83. The third-order valence-electron chi connectivity index (χ3n) is 3.48. The Kier molecular flexibility index (Phi) is 4.47. The number of nitrogens with one attached hydrogen (secondary N) is 1. The van der Waals surface area contributed by atoms with Gasteiger partial charge in [0.25, 0.3) is 5.91 Å². The number of hydrogen-bond acceptors (Lipinski definition) is 5. The van der Waals surface area contributed by atoms with Crippen LogP contribution in [-0.2, 0) is 11.3 Å². The fraction of sp³-hybridized carbons (Fsp3) is 0.538. The van der Waals surface area contributed by atoms with Gasteiger partial charge >= 0.3 is 0 Å². The average Bonchev–Trinajstić information content (AvgIpc) is 2.84. The highest BCUT2D eigenvalue weighted by molar-refractivity contribution is 5.91. The molecule has 6 heteroatoms. The molecule has 1 aliphatic rings. The van der Waals surface area contributed by atoms with Gasteiger partial charge in [-0.2, -0.15) is 0 Å². The van der Waals surface area contributed by atoms with Crippen molar-refractivity contribution in [1.29, 1.82) is 0 Å². The van der Waals surface area contributed by atoms with Crippen LogP contribution in [0.15, 0.2) is 18.2 Å². The number of carbonyl (C=O) groups excluding carboxylic acids is 1. The van der Waals surface area contributed by atoms with Crippen LogP contribution in [0, 0.1) is 0 Å². The van der Waals surface area contributed by atoms with E-state index in [4.69, 9.17) is 10.6 Å². The van der Waals surface area contributed by atoms with E-state index in [0.29, 0.717) is 18.3 Å². The maximum Gasteiger partial charge on any atom is 0.283 e. The molecule has 19 heavy (non-hydrogen) atoms. The third-order valence-corrected chi connectivity index (χ3v) is 3.48. The summed E-state index contributed by atoms with van der Waals surface area (Å²) >= 11 is 0. The lowest BCUT2D eigenvalue weighted by Crippen LogP contribution is -2.36. The molecule has 2 unspecified atom stereocenters. The molecule has 0 aliphatic carbocycles. The maximum absolute atomic E-state index is 11.4. The average molecular weight is 264 g/mol. The first kappa shape index (κ1) is 13.9. The number of nitrogen functional groups attached to an aromatic ring is 1. The smallest absolute Gasteiger partial charge is 0.283 e. The molecule has 0 saturated carbocycles. The van der Waals surface area contributed by atoms with Crippen LogP contribution < -0.4 is 11.3 Å². The van der Waals surface area contributed by atoms with E-state index in [0.717, 1.165) is 18.7 Å². The van der Waals surface area contributed by atoms with E-state index >= 15 is 0 Å². The Bertz CT molecular complexity index is 452. The molecule has 1 aromatic rings. The largest absolute Gasteiger partial charge is 0.377 e. The molecule has 2 rings (SSSR count). The lowest BCUT2D eigenvalue weighted by molar-refractivity contribution is 0.0809. The molecular formula is C13H20N4O2. The van der Waals surface area contributed by atoms with Crippen molar-refractivity contribution in [2.75, 3.05) is 13.7 Å². The molecule has 1 aromatic heterocycles. The van der Waals surface area contributed by atoms with E-state index in [1.807, 2.05) is 19.2 Å². The molecule has 3 N–H and O–H groups in total. The minimum Gasteiger partial charge on any atom is -0.377 e. The summed E-state index contributed by atoms with van der Waals surface area (Å²) in [6.07, 6.45) is 1.27. The molecule has 0 bridgehead atoms. The molecule has 104 valence electrons. The number of hydrazine groups is 1. The first-order valence-electron chi connectivity index (χ1n) is 6.40. The number of ether oxygens (including phenoxy) is 1. The fourth-order valence-electron chi connectivity index (χ4n) is 2.44. The number of carbonyl (C=O) groups is 1. The van der Waals surface area contributed by atoms with Gasteiger partial charge in [-0.15, -0.1) is 0 Å². The topological polar surface area (TPSA) is 80.5 Å². The Morgan fingerprint density at radius 3 is 3.05 bits per heavy atom. The van der Waals surface area contributed by atoms with Gasteiger partial charge in [0, 0.05) is 19.2 Å². The Hall–Kier alpha value is -1.50. The van der Waals surface area contributed by atoms with E-state index in [1.54, 1.807) is 6.07 Å². The SMILES string of the molecule is CC1OCCC1N(C)Cc1cccc(C(=O)NN)n1. The molecule has 0 radical (unpaired) electrons. The van der Waals surface area contributed by atoms with Crippen LogP contribution in [0.3, 0.4) is 0 Å². The van der Waals surface area contributed by atoms with E-state index in [1.165, 1.54) is 0 Å². The Labute approximate surface area is 112 Å². The van der Waals surface area contributed by atoms with Crippen LogP contribution in [-0.4, -0.2) is 41.6 Å². The minimum atomic E-state index is -0.373. The van der Waals surface area contributed by atoms with Gasteiger partial charge in [-0.05, 0) is 32.5 Å². The Balaban J connectivity index is 2.04. The summed E-state index contributed by atoms with van der Waals surface area (Å²) in [5, 5.41) is 0. The van der Waals surface area contributed by atoms with Gasteiger partial charge in [0.1, 0.15) is 5.69 Å². The first-order valence-corrected chi connectivity index (χ1v) is 6.40. The number of amides is 1. The number of nitrogens with two attached hydrogens (primary N) is 1. The number of likely N-dealkylation sites (N-methyl/N-ethyl adjacent to an activating group) is 1. The number of hydrogen-bond donors (Lipinski definition) is 2. The minimum absolute atomic E-state index is 0.237. The molecule has 1 fully saturated rings. The quantitative estimate of drug-likeness (QED) is 0.464. The van der Waals surface area contributed by atoms with Gasteiger partial charge in [-0.25, -0.2) is 10.8 Å². The van der Waals surface area contributed by atoms with Crippen molar-refractivity contribution in [3.8, 4) is 0 Å². The Morgan fingerprint density at radius 1 is 1.63 bits per heavy atom. The highest BCUT2D eigenvalue weighted by Crippen LogP contribution is 2.19. The molecule has 1 aliphatic heterocycles. The number of rotatable bonds is 4. The molecule has 2 atom stereocenters. The van der Waals surface area contributed by atoms with E-state index in [2.05, 4.69) is 22.2 Å². The van der Waals surface area contributed by atoms with E-state index in [9.17, 15) is 4.79 Å². The Morgan fingerprint density at radius 2 is 2.42 bits per heavy atom. The summed E-state index contributed by atoms with van der Waals surface area (Å²) < 4.78 is 5.56. The molecule has 0 spiro atoms. The van der Waals surface area contributed by atoms with Crippen molar-refractivity contribution in [2.24, 2.45) is 5.84 Å². The molecular weight excluding hydrogens is 244 g/mol. The number of pyridine rings is 1.